The molecule has 1 aromatic rings. The van der Waals surface area contributed by atoms with E-state index >= 15 is 0 Å². The number of hydrogen-bond acceptors (Lipinski definition) is 2. The van der Waals surface area contributed by atoms with Gasteiger partial charge in [0.1, 0.15) is 5.75 Å². The Hall–Kier alpha value is -1.02. The van der Waals surface area contributed by atoms with Gasteiger partial charge in [0, 0.05) is 6.04 Å². The van der Waals surface area contributed by atoms with Crippen molar-refractivity contribution in [3.05, 3.63) is 29.8 Å². The highest BCUT2D eigenvalue weighted by Crippen LogP contribution is 2.19. The zero-order valence-corrected chi connectivity index (χ0v) is 10.4. The Morgan fingerprint density at radius 2 is 2.00 bits per heavy atom. The van der Waals surface area contributed by atoms with Crippen LogP contribution >= 0.6 is 0 Å². The van der Waals surface area contributed by atoms with Crippen LogP contribution in [-0.4, -0.2) is 12.6 Å². The second-order valence-electron chi connectivity index (χ2n) is 4.34. The molecule has 0 aromatic heterocycles. The van der Waals surface area contributed by atoms with Crippen molar-refractivity contribution in [3.63, 3.8) is 0 Å². The zero-order valence-electron chi connectivity index (χ0n) is 10.4. The summed E-state index contributed by atoms with van der Waals surface area (Å²) in [6.45, 7) is 5.03. The normalized spacial score (nSPS) is 12.4. The summed E-state index contributed by atoms with van der Waals surface area (Å²) in [6.07, 6.45) is 4.47. The van der Waals surface area contributed by atoms with Crippen LogP contribution in [0.2, 0.25) is 0 Å². The number of rotatable bonds is 7. The van der Waals surface area contributed by atoms with Crippen molar-refractivity contribution in [2.24, 2.45) is 5.73 Å². The standard InChI is InChI=1S/C14H23NO/c1-3-4-7-10-16-14-9-6-5-8-13(14)11-12(2)15/h5-6,8-9,12H,3-4,7,10-11,15H2,1-2H3. The lowest BCUT2D eigenvalue weighted by atomic mass is 10.1. The number of unbranched alkanes of at least 4 members (excludes halogenated alkanes) is 2. The van der Waals surface area contributed by atoms with E-state index < -0.39 is 0 Å². The van der Waals surface area contributed by atoms with Gasteiger partial charge in [-0.25, -0.2) is 0 Å². The Bertz CT molecular complexity index is 297. The molecule has 0 spiro atoms. The minimum Gasteiger partial charge on any atom is -0.493 e. The van der Waals surface area contributed by atoms with Crippen LogP contribution in [0.5, 0.6) is 5.75 Å². The number of nitrogens with two attached hydrogens (primary N) is 1. The Morgan fingerprint density at radius 3 is 2.69 bits per heavy atom. The lowest BCUT2D eigenvalue weighted by molar-refractivity contribution is 0.303. The van der Waals surface area contributed by atoms with Gasteiger partial charge in [0.15, 0.2) is 0 Å². The maximum atomic E-state index is 5.81. The predicted molar refractivity (Wildman–Crippen MR) is 68.8 cm³/mol. The highest BCUT2D eigenvalue weighted by atomic mass is 16.5. The third-order valence-electron chi connectivity index (χ3n) is 2.52. The van der Waals surface area contributed by atoms with E-state index in [1.165, 1.54) is 18.4 Å². The molecule has 2 heteroatoms. The van der Waals surface area contributed by atoms with Crippen LogP contribution < -0.4 is 10.5 Å². The van der Waals surface area contributed by atoms with E-state index in [1.54, 1.807) is 0 Å². The molecule has 0 radical (unpaired) electrons. The highest BCUT2D eigenvalue weighted by molar-refractivity contribution is 5.33. The van der Waals surface area contributed by atoms with Gasteiger partial charge in [0.2, 0.25) is 0 Å². The molecule has 1 rings (SSSR count). The Balaban J connectivity index is 2.50. The van der Waals surface area contributed by atoms with Crippen molar-refractivity contribution < 1.29 is 4.74 Å². The lowest BCUT2D eigenvalue weighted by Crippen LogP contribution is -2.18. The molecule has 0 fully saturated rings. The minimum absolute atomic E-state index is 0.181. The molecular weight excluding hydrogens is 198 g/mol. The van der Waals surface area contributed by atoms with Crippen LogP contribution in [0.25, 0.3) is 0 Å². The quantitative estimate of drug-likeness (QED) is 0.718. The largest absolute Gasteiger partial charge is 0.493 e. The molecule has 0 aliphatic rings. The van der Waals surface area contributed by atoms with Crippen LogP contribution in [-0.2, 0) is 6.42 Å². The van der Waals surface area contributed by atoms with Crippen molar-refractivity contribution in [2.45, 2.75) is 45.6 Å². The van der Waals surface area contributed by atoms with Gasteiger partial charge in [-0.15, -0.1) is 0 Å². The summed E-state index contributed by atoms with van der Waals surface area (Å²) in [5.41, 5.74) is 7.03. The van der Waals surface area contributed by atoms with E-state index in [4.69, 9.17) is 10.5 Å². The summed E-state index contributed by atoms with van der Waals surface area (Å²) in [4.78, 5) is 0. The van der Waals surface area contributed by atoms with Gasteiger partial charge in [0.25, 0.3) is 0 Å². The molecule has 1 aromatic carbocycles. The fourth-order valence-corrected chi connectivity index (χ4v) is 1.69. The van der Waals surface area contributed by atoms with Crippen molar-refractivity contribution in [1.29, 1.82) is 0 Å². The summed E-state index contributed by atoms with van der Waals surface area (Å²) in [7, 11) is 0. The summed E-state index contributed by atoms with van der Waals surface area (Å²) in [5, 5.41) is 0. The van der Waals surface area contributed by atoms with Gasteiger partial charge in [-0.3, -0.25) is 0 Å². The molecule has 0 saturated carbocycles. The maximum absolute atomic E-state index is 5.81. The number of para-hydroxylation sites is 1. The second kappa shape index (κ2) is 7.29. The van der Waals surface area contributed by atoms with Gasteiger partial charge in [0.05, 0.1) is 6.61 Å². The molecule has 0 heterocycles. The summed E-state index contributed by atoms with van der Waals surface area (Å²) >= 11 is 0. The molecule has 0 aliphatic carbocycles. The van der Waals surface area contributed by atoms with Crippen LogP contribution in [0.3, 0.4) is 0 Å². The van der Waals surface area contributed by atoms with Gasteiger partial charge in [-0.1, -0.05) is 38.0 Å². The topological polar surface area (TPSA) is 35.2 Å². The van der Waals surface area contributed by atoms with E-state index in [0.29, 0.717) is 0 Å². The van der Waals surface area contributed by atoms with E-state index in [-0.39, 0.29) is 6.04 Å². The summed E-state index contributed by atoms with van der Waals surface area (Å²) in [6, 6.07) is 8.36. The molecule has 0 saturated heterocycles. The Labute approximate surface area is 98.8 Å². The van der Waals surface area contributed by atoms with Gasteiger partial charge >= 0.3 is 0 Å². The molecule has 2 N–H and O–H groups in total. The third kappa shape index (κ3) is 4.67. The first-order valence-corrected chi connectivity index (χ1v) is 6.20. The van der Waals surface area contributed by atoms with Gasteiger partial charge in [-0.2, -0.15) is 0 Å². The number of benzene rings is 1. The lowest BCUT2D eigenvalue weighted by Gasteiger charge is -2.12. The molecule has 1 atom stereocenters. The first-order valence-electron chi connectivity index (χ1n) is 6.20. The summed E-state index contributed by atoms with van der Waals surface area (Å²) < 4.78 is 5.78. The minimum atomic E-state index is 0.181. The zero-order chi connectivity index (χ0) is 11.8. The van der Waals surface area contributed by atoms with E-state index in [9.17, 15) is 0 Å². The number of hydrogen-bond donors (Lipinski definition) is 1. The fourth-order valence-electron chi connectivity index (χ4n) is 1.69. The molecule has 2 nitrogen and oxygen atoms in total. The average molecular weight is 221 g/mol. The van der Waals surface area contributed by atoms with Crippen LogP contribution in [0.15, 0.2) is 24.3 Å². The van der Waals surface area contributed by atoms with Gasteiger partial charge in [-0.05, 0) is 31.4 Å². The molecular formula is C14H23NO. The fraction of sp³-hybridized carbons (Fsp3) is 0.571. The summed E-state index contributed by atoms with van der Waals surface area (Å²) in [5.74, 6) is 0.996. The molecule has 0 aliphatic heterocycles. The first-order chi connectivity index (χ1) is 7.74. The van der Waals surface area contributed by atoms with E-state index in [2.05, 4.69) is 13.0 Å². The predicted octanol–water partition coefficient (Wildman–Crippen LogP) is 3.15. The molecule has 16 heavy (non-hydrogen) atoms. The van der Waals surface area contributed by atoms with Crippen molar-refractivity contribution in [1.82, 2.24) is 0 Å². The molecule has 90 valence electrons. The first kappa shape index (κ1) is 13.0. The SMILES string of the molecule is CCCCCOc1ccccc1CC(C)N. The number of ether oxygens (including phenoxy) is 1. The molecule has 1 unspecified atom stereocenters. The average Bonchev–Trinajstić information content (AvgIpc) is 2.26. The Kier molecular flexibility index (Phi) is 5.94. The molecule has 0 bridgehead atoms. The van der Waals surface area contributed by atoms with Crippen molar-refractivity contribution >= 4 is 0 Å². The van der Waals surface area contributed by atoms with Crippen molar-refractivity contribution in [2.75, 3.05) is 6.61 Å². The van der Waals surface area contributed by atoms with Crippen molar-refractivity contribution in [3.8, 4) is 5.75 Å². The monoisotopic (exact) mass is 221 g/mol. The van der Waals surface area contributed by atoms with Crippen LogP contribution in [0, 0.1) is 0 Å². The van der Waals surface area contributed by atoms with Crippen LogP contribution in [0.4, 0.5) is 0 Å². The second-order valence-corrected chi connectivity index (χ2v) is 4.34. The van der Waals surface area contributed by atoms with Crippen LogP contribution in [0.1, 0.15) is 38.7 Å². The smallest absolute Gasteiger partial charge is 0.122 e. The third-order valence-corrected chi connectivity index (χ3v) is 2.52. The van der Waals surface area contributed by atoms with Gasteiger partial charge < -0.3 is 10.5 Å². The van der Waals surface area contributed by atoms with E-state index in [1.807, 2.05) is 25.1 Å². The Morgan fingerprint density at radius 1 is 1.25 bits per heavy atom. The highest BCUT2D eigenvalue weighted by Gasteiger charge is 2.04. The maximum Gasteiger partial charge on any atom is 0.122 e. The van der Waals surface area contributed by atoms with E-state index in [0.717, 1.165) is 25.2 Å². The molecule has 0 amide bonds.